The van der Waals surface area contributed by atoms with E-state index in [1.165, 1.54) is 0 Å². The Balaban J connectivity index is 1.71. The fourth-order valence-electron chi connectivity index (χ4n) is 3.26. The molecule has 2 aliphatic heterocycles. The van der Waals surface area contributed by atoms with E-state index in [1.54, 1.807) is 13.2 Å². The summed E-state index contributed by atoms with van der Waals surface area (Å²) in [5.74, 6) is 2.53. The maximum absolute atomic E-state index is 12.1. The molecule has 0 saturated carbocycles. The Labute approximate surface area is 157 Å². The molecule has 1 atom stereocenters. The summed E-state index contributed by atoms with van der Waals surface area (Å²) in [6, 6.07) is 9.28. The molecular weight excluding hydrogens is 348 g/mol. The number of ether oxygens (including phenoxy) is 5. The minimum absolute atomic E-state index is 0.166. The summed E-state index contributed by atoms with van der Waals surface area (Å²) in [5.41, 5.74) is 2.74. The molecule has 0 fully saturated rings. The van der Waals surface area contributed by atoms with Gasteiger partial charge in [0, 0.05) is 17.5 Å². The Kier molecular flexibility index (Phi) is 4.39. The lowest BCUT2D eigenvalue weighted by molar-refractivity contribution is -0.135. The van der Waals surface area contributed by atoms with Crippen molar-refractivity contribution in [3.63, 3.8) is 0 Å². The van der Waals surface area contributed by atoms with Crippen molar-refractivity contribution < 1.29 is 28.5 Å². The van der Waals surface area contributed by atoms with E-state index in [-0.39, 0.29) is 25.1 Å². The highest BCUT2D eigenvalue weighted by Crippen LogP contribution is 2.46. The lowest BCUT2D eigenvalue weighted by Crippen LogP contribution is -2.21. The van der Waals surface area contributed by atoms with Crippen LogP contribution in [0.1, 0.15) is 30.4 Å². The molecule has 140 valence electrons. The summed E-state index contributed by atoms with van der Waals surface area (Å²) in [6.45, 7) is 6.32. The molecule has 0 unspecified atom stereocenters. The first kappa shape index (κ1) is 17.3. The Hall–Kier alpha value is -3.15. The van der Waals surface area contributed by atoms with E-state index in [0.717, 1.165) is 16.7 Å². The summed E-state index contributed by atoms with van der Waals surface area (Å²) < 4.78 is 27.5. The van der Waals surface area contributed by atoms with Gasteiger partial charge in [-0.25, -0.2) is 0 Å². The fourth-order valence-corrected chi connectivity index (χ4v) is 3.26. The van der Waals surface area contributed by atoms with Crippen LogP contribution in [0.4, 0.5) is 0 Å². The second-order valence-electron chi connectivity index (χ2n) is 6.63. The Morgan fingerprint density at radius 2 is 1.93 bits per heavy atom. The Morgan fingerprint density at radius 1 is 1.15 bits per heavy atom. The summed E-state index contributed by atoms with van der Waals surface area (Å²) in [7, 11) is 1.59. The molecule has 2 aromatic rings. The van der Waals surface area contributed by atoms with Gasteiger partial charge in [0.2, 0.25) is 6.79 Å². The van der Waals surface area contributed by atoms with Crippen LogP contribution >= 0.6 is 0 Å². The van der Waals surface area contributed by atoms with Crippen molar-refractivity contribution >= 4 is 5.97 Å². The third-order valence-electron chi connectivity index (χ3n) is 4.54. The number of benzene rings is 2. The normalized spacial score (nSPS) is 17.1. The third kappa shape index (κ3) is 3.30. The molecular formula is C21H20O6. The van der Waals surface area contributed by atoms with Crippen LogP contribution in [0.25, 0.3) is 0 Å². The predicted octanol–water partition coefficient (Wildman–Crippen LogP) is 3.82. The molecule has 2 aliphatic rings. The monoisotopic (exact) mass is 368 g/mol. The predicted molar refractivity (Wildman–Crippen MR) is 98.0 cm³/mol. The number of methoxy groups -OCH3 is 1. The zero-order valence-corrected chi connectivity index (χ0v) is 15.2. The highest BCUT2D eigenvalue weighted by atomic mass is 16.7. The van der Waals surface area contributed by atoms with Gasteiger partial charge >= 0.3 is 5.97 Å². The van der Waals surface area contributed by atoms with E-state index in [2.05, 4.69) is 6.58 Å². The Bertz CT molecular complexity index is 917. The summed E-state index contributed by atoms with van der Waals surface area (Å²) in [6.07, 6.45) is 0.238. The van der Waals surface area contributed by atoms with Crippen LogP contribution in [0.3, 0.4) is 0 Å². The molecule has 0 amide bonds. The molecule has 0 bridgehead atoms. The van der Waals surface area contributed by atoms with Crippen molar-refractivity contribution in [3.05, 3.63) is 53.6 Å². The molecule has 0 radical (unpaired) electrons. The van der Waals surface area contributed by atoms with E-state index in [9.17, 15) is 4.79 Å². The summed E-state index contributed by atoms with van der Waals surface area (Å²) >= 11 is 0. The summed E-state index contributed by atoms with van der Waals surface area (Å²) in [4.78, 5) is 12.1. The first-order valence-corrected chi connectivity index (χ1v) is 8.64. The first-order chi connectivity index (χ1) is 13.0. The molecule has 6 heteroatoms. The van der Waals surface area contributed by atoms with Gasteiger partial charge in [-0.1, -0.05) is 12.6 Å². The van der Waals surface area contributed by atoms with E-state index in [0.29, 0.717) is 35.4 Å². The molecule has 0 N–H and O–H groups in total. The topological polar surface area (TPSA) is 63.2 Å². The highest BCUT2D eigenvalue weighted by molar-refractivity contribution is 5.78. The van der Waals surface area contributed by atoms with Gasteiger partial charge in [0.25, 0.3) is 0 Å². The quantitative estimate of drug-likeness (QED) is 0.454. The minimum atomic E-state index is -0.284. The van der Waals surface area contributed by atoms with E-state index < -0.39 is 0 Å². The number of hydrogen-bond donors (Lipinski definition) is 0. The molecule has 27 heavy (non-hydrogen) atoms. The second kappa shape index (κ2) is 6.87. The lowest BCUT2D eigenvalue weighted by atomic mass is 9.86. The SMILES string of the molecule is C=C(C)COc1ccc([C@H]2CC(=O)Oc3cc4c(cc32)OCO4)cc1OC. The zero-order valence-electron chi connectivity index (χ0n) is 15.2. The van der Waals surface area contributed by atoms with Gasteiger partial charge in [-0.05, 0) is 36.3 Å². The molecule has 0 saturated heterocycles. The number of fused-ring (bicyclic) bond motifs is 2. The van der Waals surface area contributed by atoms with Crippen LogP contribution < -0.4 is 23.7 Å². The van der Waals surface area contributed by atoms with Gasteiger partial charge in [0.1, 0.15) is 12.4 Å². The smallest absolute Gasteiger partial charge is 0.312 e. The molecule has 6 nitrogen and oxygen atoms in total. The van der Waals surface area contributed by atoms with Crippen molar-refractivity contribution in [2.24, 2.45) is 0 Å². The van der Waals surface area contributed by atoms with Crippen LogP contribution in [0.2, 0.25) is 0 Å². The Morgan fingerprint density at radius 3 is 2.67 bits per heavy atom. The maximum atomic E-state index is 12.1. The van der Waals surface area contributed by atoms with Crippen LogP contribution in [0.5, 0.6) is 28.7 Å². The zero-order chi connectivity index (χ0) is 19.0. The van der Waals surface area contributed by atoms with Crippen molar-refractivity contribution in [3.8, 4) is 28.7 Å². The van der Waals surface area contributed by atoms with Gasteiger partial charge in [-0.2, -0.15) is 0 Å². The van der Waals surface area contributed by atoms with Crippen molar-refractivity contribution in [1.82, 2.24) is 0 Å². The van der Waals surface area contributed by atoms with Gasteiger partial charge in [0.15, 0.2) is 23.0 Å². The highest BCUT2D eigenvalue weighted by Gasteiger charge is 2.32. The van der Waals surface area contributed by atoms with Crippen LogP contribution in [0.15, 0.2) is 42.5 Å². The van der Waals surface area contributed by atoms with E-state index >= 15 is 0 Å². The third-order valence-corrected chi connectivity index (χ3v) is 4.54. The van der Waals surface area contributed by atoms with Crippen LogP contribution in [0, 0.1) is 0 Å². The largest absolute Gasteiger partial charge is 0.493 e. The molecule has 4 rings (SSSR count). The molecule has 0 aromatic heterocycles. The van der Waals surface area contributed by atoms with Gasteiger partial charge < -0.3 is 23.7 Å². The van der Waals surface area contributed by atoms with Gasteiger partial charge in [-0.3, -0.25) is 4.79 Å². The number of rotatable bonds is 5. The van der Waals surface area contributed by atoms with Crippen LogP contribution in [-0.2, 0) is 4.79 Å². The van der Waals surface area contributed by atoms with Crippen molar-refractivity contribution in [1.29, 1.82) is 0 Å². The van der Waals surface area contributed by atoms with E-state index in [4.69, 9.17) is 23.7 Å². The van der Waals surface area contributed by atoms with Crippen LogP contribution in [-0.4, -0.2) is 26.5 Å². The molecule has 0 aliphatic carbocycles. The fraction of sp³-hybridized carbons (Fsp3) is 0.286. The van der Waals surface area contributed by atoms with Gasteiger partial charge in [-0.15, -0.1) is 0 Å². The summed E-state index contributed by atoms with van der Waals surface area (Å²) in [5, 5.41) is 0. The molecule has 0 spiro atoms. The average Bonchev–Trinajstić information content (AvgIpc) is 3.11. The first-order valence-electron chi connectivity index (χ1n) is 8.64. The van der Waals surface area contributed by atoms with Crippen molar-refractivity contribution in [2.45, 2.75) is 19.3 Å². The lowest BCUT2D eigenvalue weighted by Gasteiger charge is -2.25. The standard InChI is InChI=1S/C21H20O6/c1-12(2)10-24-16-5-4-13(6-18(16)23-3)14-8-21(22)27-17-9-20-19(7-15(14)17)25-11-26-20/h4-7,9,14H,1,8,10-11H2,2-3H3/t14-/m1/s1. The maximum Gasteiger partial charge on any atom is 0.312 e. The van der Waals surface area contributed by atoms with E-state index in [1.807, 2.05) is 31.2 Å². The number of hydrogen-bond acceptors (Lipinski definition) is 6. The number of carbonyl (C=O) groups is 1. The average molecular weight is 368 g/mol. The number of carbonyl (C=O) groups excluding carboxylic acids is 1. The van der Waals surface area contributed by atoms with Crippen molar-refractivity contribution in [2.75, 3.05) is 20.5 Å². The van der Waals surface area contributed by atoms with Gasteiger partial charge in [0.05, 0.1) is 13.5 Å². The number of esters is 1. The minimum Gasteiger partial charge on any atom is -0.493 e. The second-order valence-corrected chi connectivity index (χ2v) is 6.63. The molecule has 2 aromatic carbocycles. The molecule has 2 heterocycles.